The van der Waals surface area contributed by atoms with E-state index in [0.717, 1.165) is 4.68 Å². The zero-order valence-corrected chi connectivity index (χ0v) is 12.3. The van der Waals surface area contributed by atoms with E-state index in [4.69, 9.17) is 9.47 Å². The molecule has 0 aliphatic rings. The van der Waals surface area contributed by atoms with Crippen molar-refractivity contribution in [2.45, 2.75) is 6.92 Å². The number of hydrogen-bond donors (Lipinski definition) is 0. The third kappa shape index (κ3) is 3.03. The number of rotatable bonds is 3. The lowest BCUT2D eigenvalue weighted by Crippen LogP contribution is -2.15. The highest BCUT2D eigenvalue weighted by Crippen LogP contribution is 2.16. The Bertz CT molecular complexity index is 858. The molecule has 0 radical (unpaired) electrons. The fourth-order valence-electron chi connectivity index (χ4n) is 2.02. The first-order chi connectivity index (χ1) is 11.2. The summed E-state index contributed by atoms with van der Waals surface area (Å²) < 4.78 is 11.2. The van der Waals surface area contributed by atoms with Gasteiger partial charge in [0.2, 0.25) is 0 Å². The first-order valence-corrected chi connectivity index (χ1v) is 6.99. The van der Waals surface area contributed by atoms with Crippen molar-refractivity contribution in [3.05, 3.63) is 54.1 Å². The largest absolute Gasteiger partial charge is 0.448 e. The van der Waals surface area contributed by atoms with E-state index >= 15 is 0 Å². The minimum atomic E-state index is -0.616. The molecule has 0 fully saturated rings. The highest BCUT2D eigenvalue weighted by Gasteiger charge is 2.15. The molecule has 0 unspecified atom stereocenters. The fourth-order valence-corrected chi connectivity index (χ4v) is 2.02. The monoisotopic (exact) mass is 311 g/mol. The van der Waals surface area contributed by atoms with Crippen molar-refractivity contribution in [2.75, 3.05) is 6.61 Å². The van der Waals surface area contributed by atoms with Crippen LogP contribution in [0.3, 0.4) is 0 Å². The lowest BCUT2D eigenvalue weighted by molar-refractivity contribution is 0.0735. The van der Waals surface area contributed by atoms with Gasteiger partial charge in [-0.15, -0.1) is 9.78 Å². The summed E-state index contributed by atoms with van der Waals surface area (Å²) in [4.78, 5) is 23.9. The normalized spacial score (nSPS) is 10.5. The standard InChI is InChI=1S/C16H13N3O4/c1-2-22-16(21)19-14-9-8-11(10-13(14)17-18-19)15(20)23-12-6-4-3-5-7-12/h3-10H,2H2,1H3. The maximum atomic E-state index is 12.1. The van der Waals surface area contributed by atoms with Gasteiger partial charge in [-0.1, -0.05) is 23.4 Å². The first-order valence-electron chi connectivity index (χ1n) is 6.99. The summed E-state index contributed by atoms with van der Waals surface area (Å²) in [7, 11) is 0. The van der Waals surface area contributed by atoms with Crippen LogP contribution >= 0.6 is 0 Å². The summed E-state index contributed by atoms with van der Waals surface area (Å²) in [6.07, 6.45) is -0.616. The number of aromatic nitrogens is 3. The van der Waals surface area contributed by atoms with Crippen molar-refractivity contribution >= 4 is 23.1 Å². The van der Waals surface area contributed by atoms with Gasteiger partial charge in [0, 0.05) is 0 Å². The van der Waals surface area contributed by atoms with Crippen LogP contribution in [0.15, 0.2) is 48.5 Å². The Hall–Kier alpha value is -3.22. The Balaban J connectivity index is 1.86. The van der Waals surface area contributed by atoms with Crippen molar-refractivity contribution in [1.29, 1.82) is 0 Å². The number of carbonyl (C=O) groups excluding carboxylic acids is 2. The van der Waals surface area contributed by atoms with Crippen LogP contribution in [-0.2, 0) is 4.74 Å². The van der Waals surface area contributed by atoms with E-state index in [-0.39, 0.29) is 6.61 Å². The van der Waals surface area contributed by atoms with E-state index in [9.17, 15) is 9.59 Å². The van der Waals surface area contributed by atoms with Crippen molar-refractivity contribution in [3.63, 3.8) is 0 Å². The van der Waals surface area contributed by atoms with E-state index in [0.29, 0.717) is 22.3 Å². The van der Waals surface area contributed by atoms with Gasteiger partial charge in [-0.25, -0.2) is 9.59 Å². The molecular formula is C16H13N3O4. The van der Waals surface area contributed by atoms with Gasteiger partial charge in [0.25, 0.3) is 0 Å². The number of benzene rings is 2. The number of para-hydroxylation sites is 1. The second-order valence-electron chi connectivity index (χ2n) is 4.61. The van der Waals surface area contributed by atoms with Crippen LogP contribution in [0.2, 0.25) is 0 Å². The van der Waals surface area contributed by atoms with E-state index in [2.05, 4.69) is 10.3 Å². The lowest BCUT2D eigenvalue weighted by Gasteiger charge is -2.04. The third-order valence-corrected chi connectivity index (χ3v) is 3.08. The topological polar surface area (TPSA) is 83.3 Å². The number of nitrogens with zero attached hydrogens (tertiary/aromatic N) is 3. The fraction of sp³-hybridized carbons (Fsp3) is 0.125. The van der Waals surface area contributed by atoms with Crippen LogP contribution in [0.4, 0.5) is 4.79 Å². The Morgan fingerprint density at radius 3 is 2.65 bits per heavy atom. The lowest BCUT2D eigenvalue weighted by atomic mass is 10.2. The smallest absolute Gasteiger partial charge is 0.436 e. The molecule has 0 amide bonds. The highest BCUT2D eigenvalue weighted by molar-refractivity contribution is 5.96. The molecule has 0 N–H and O–H groups in total. The second-order valence-corrected chi connectivity index (χ2v) is 4.61. The summed E-state index contributed by atoms with van der Waals surface area (Å²) >= 11 is 0. The van der Waals surface area contributed by atoms with Gasteiger partial charge >= 0.3 is 12.1 Å². The third-order valence-electron chi connectivity index (χ3n) is 3.08. The van der Waals surface area contributed by atoms with Crippen molar-refractivity contribution in [2.24, 2.45) is 0 Å². The predicted molar refractivity (Wildman–Crippen MR) is 81.3 cm³/mol. The Morgan fingerprint density at radius 1 is 1.13 bits per heavy atom. The number of esters is 1. The number of carbonyl (C=O) groups is 2. The SMILES string of the molecule is CCOC(=O)n1nnc2cc(C(=O)Oc3ccccc3)ccc21. The predicted octanol–water partition coefficient (Wildman–Crippen LogP) is 2.66. The van der Waals surface area contributed by atoms with E-state index in [1.54, 1.807) is 43.3 Å². The Morgan fingerprint density at radius 2 is 1.91 bits per heavy atom. The zero-order chi connectivity index (χ0) is 16.2. The molecule has 0 spiro atoms. The highest BCUT2D eigenvalue weighted by atomic mass is 16.6. The molecule has 116 valence electrons. The quantitative estimate of drug-likeness (QED) is 0.546. The summed E-state index contributed by atoms with van der Waals surface area (Å²) in [6, 6.07) is 13.4. The van der Waals surface area contributed by atoms with Crippen LogP contribution in [0, 0.1) is 0 Å². The summed E-state index contributed by atoms with van der Waals surface area (Å²) in [5, 5.41) is 7.61. The molecule has 3 rings (SSSR count). The molecule has 1 aromatic heterocycles. The van der Waals surface area contributed by atoms with Gasteiger partial charge in [0.15, 0.2) is 0 Å². The van der Waals surface area contributed by atoms with Gasteiger partial charge in [-0.2, -0.15) is 0 Å². The molecule has 7 heteroatoms. The maximum Gasteiger partial charge on any atom is 0.436 e. The average Bonchev–Trinajstić information content (AvgIpc) is 2.99. The van der Waals surface area contributed by atoms with Gasteiger partial charge in [0.05, 0.1) is 12.2 Å². The van der Waals surface area contributed by atoms with E-state index < -0.39 is 12.1 Å². The number of hydrogen-bond acceptors (Lipinski definition) is 6. The van der Waals surface area contributed by atoms with Gasteiger partial charge in [-0.05, 0) is 37.3 Å². The van der Waals surface area contributed by atoms with Crippen molar-refractivity contribution < 1.29 is 19.1 Å². The minimum Gasteiger partial charge on any atom is -0.448 e. The zero-order valence-electron chi connectivity index (χ0n) is 12.3. The van der Waals surface area contributed by atoms with Crippen molar-refractivity contribution in [1.82, 2.24) is 15.0 Å². The Labute approximate surface area is 131 Å². The maximum absolute atomic E-state index is 12.1. The van der Waals surface area contributed by atoms with Gasteiger partial charge in [-0.3, -0.25) is 0 Å². The minimum absolute atomic E-state index is 0.238. The molecule has 2 aromatic carbocycles. The average molecular weight is 311 g/mol. The van der Waals surface area contributed by atoms with Crippen molar-refractivity contribution in [3.8, 4) is 5.75 Å². The van der Waals surface area contributed by atoms with Crippen LogP contribution in [0.25, 0.3) is 11.0 Å². The molecule has 0 bridgehead atoms. The molecule has 0 atom stereocenters. The molecule has 23 heavy (non-hydrogen) atoms. The van der Waals surface area contributed by atoms with Crippen LogP contribution in [0.5, 0.6) is 5.75 Å². The molecule has 7 nitrogen and oxygen atoms in total. The second kappa shape index (κ2) is 6.27. The Kier molecular flexibility index (Phi) is 4.01. The van der Waals surface area contributed by atoms with E-state index in [1.807, 2.05) is 6.07 Å². The molecule has 0 aliphatic carbocycles. The van der Waals surface area contributed by atoms with Gasteiger partial charge in [0.1, 0.15) is 16.8 Å². The number of fused-ring (bicyclic) bond motifs is 1. The van der Waals surface area contributed by atoms with Crippen LogP contribution in [0.1, 0.15) is 17.3 Å². The summed E-state index contributed by atoms with van der Waals surface area (Å²) in [5.74, 6) is -0.0587. The molecule has 3 aromatic rings. The van der Waals surface area contributed by atoms with Crippen LogP contribution < -0.4 is 4.74 Å². The van der Waals surface area contributed by atoms with E-state index in [1.165, 1.54) is 6.07 Å². The molecule has 0 saturated carbocycles. The first kappa shape index (κ1) is 14.7. The number of ether oxygens (including phenoxy) is 2. The molecular weight excluding hydrogens is 298 g/mol. The van der Waals surface area contributed by atoms with Gasteiger partial charge < -0.3 is 9.47 Å². The molecule has 0 saturated heterocycles. The molecule has 0 aliphatic heterocycles. The summed E-state index contributed by atoms with van der Waals surface area (Å²) in [6.45, 7) is 1.94. The van der Waals surface area contributed by atoms with Crippen LogP contribution in [-0.4, -0.2) is 33.7 Å². The molecule has 1 heterocycles. The summed E-state index contributed by atoms with van der Waals surface area (Å²) in [5.41, 5.74) is 1.18.